The number of hydrogen-bond donors (Lipinski definition) is 0. The van der Waals surface area contributed by atoms with Gasteiger partial charge in [0.25, 0.3) is 0 Å². The van der Waals surface area contributed by atoms with E-state index in [-0.39, 0.29) is 0 Å². The molecule has 2 aliphatic rings. The van der Waals surface area contributed by atoms with E-state index in [1.54, 1.807) is 0 Å². The first-order valence-corrected chi connectivity index (χ1v) is 19.2. The number of benzene rings is 7. The van der Waals surface area contributed by atoms with Gasteiger partial charge in [-0.05, 0) is 105 Å². The van der Waals surface area contributed by atoms with Crippen LogP contribution in [0.2, 0.25) is 0 Å². The second-order valence-electron chi connectivity index (χ2n) is 14.1. The minimum atomic E-state index is 0.779. The Morgan fingerprint density at radius 1 is 0.625 bits per heavy atom. The molecule has 0 saturated heterocycles. The molecule has 7 aromatic carbocycles. The van der Waals surface area contributed by atoms with Gasteiger partial charge in [-0.1, -0.05) is 170 Å². The van der Waals surface area contributed by atoms with Crippen LogP contribution in [-0.2, 0) is 6.42 Å². The molecule has 0 spiro atoms. The zero-order valence-electron chi connectivity index (χ0n) is 31.2. The van der Waals surface area contributed by atoms with E-state index in [0.717, 1.165) is 63.7 Å². The van der Waals surface area contributed by atoms with Gasteiger partial charge in [-0.25, -0.2) is 0 Å². The summed E-state index contributed by atoms with van der Waals surface area (Å²) in [5, 5.41) is 2.40. The highest BCUT2D eigenvalue weighted by Gasteiger charge is 2.22. The highest BCUT2D eigenvalue weighted by Crippen LogP contribution is 2.43. The van der Waals surface area contributed by atoms with Gasteiger partial charge in [-0.2, -0.15) is 0 Å². The minimum absolute atomic E-state index is 0.779. The van der Waals surface area contributed by atoms with Gasteiger partial charge in [0.2, 0.25) is 0 Å². The van der Waals surface area contributed by atoms with Crippen LogP contribution in [-0.4, -0.2) is 0 Å². The molecule has 0 radical (unpaired) electrons. The predicted octanol–water partition coefficient (Wildman–Crippen LogP) is 14.4. The fraction of sp³-hybridized carbons (Fsp3) is 0.0370. The highest BCUT2D eigenvalue weighted by molar-refractivity contribution is 6.05. The molecule has 0 fully saturated rings. The lowest BCUT2D eigenvalue weighted by Gasteiger charge is -2.27. The maximum atomic E-state index is 6.25. The number of anilines is 3. The predicted molar refractivity (Wildman–Crippen MR) is 237 cm³/mol. The van der Waals surface area contributed by atoms with Crippen LogP contribution in [0.3, 0.4) is 0 Å². The Labute approximate surface area is 329 Å². The average molecular weight is 720 g/mol. The maximum Gasteiger partial charge on any atom is 0.134 e. The van der Waals surface area contributed by atoms with Crippen LogP contribution in [0, 0.1) is 0 Å². The zero-order valence-corrected chi connectivity index (χ0v) is 31.2. The Morgan fingerprint density at radius 3 is 2.12 bits per heavy atom. The van der Waals surface area contributed by atoms with Gasteiger partial charge < -0.3 is 9.64 Å². The molecule has 268 valence electrons. The molecule has 2 heteroatoms. The van der Waals surface area contributed by atoms with Crippen molar-refractivity contribution in [3.63, 3.8) is 0 Å². The van der Waals surface area contributed by atoms with Crippen LogP contribution in [0.15, 0.2) is 225 Å². The van der Waals surface area contributed by atoms with Gasteiger partial charge in [-0.3, -0.25) is 0 Å². The van der Waals surface area contributed by atoms with E-state index in [2.05, 4.69) is 212 Å². The third-order valence-corrected chi connectivity index (χ3v) is 10.5. The van der Waals surface area contributed by atoms with Gasteiger partial charge >= 0.3 is 0 Å². The quantitative estimate of drug-likeness (QED) is 0.131. The summed E-state index contributed by atoms with van der Waals surface area (Å²) in [6.45, 7) is 4.05. The van der Waals surface area contributed by atoms with E-state index in [9.17, 15) is 0 Å². The first kappa shape index (κ1) is 34.6. The van der Waals surface area contributed by atoms with E-state index in [0.29, 0.717) is 0 Å². The number of fused-ring (bicyclic) bond motifs is 5. The highest BCUT2D eigenvalue weighted by atomic mass is 16.5. The number of rotatable bonds is 10. The molecule has 0 aromatic heterocycles. The van der Waals surface area contributed by atoms with Gasteiger partial charge in [0.05, 0.1) is 5.69 Å². The summed E-state index contributed by atoms with van der Waals surface area (Å²) in [7, 11) is 0. The molecule has 0 atom stereocenters. The van der Waals surface area contributed by atoms with Crippen molar-refractivity contribution in [2.45, 2.75) is 12.8 Å². The van der Waals surface area contributed by atoms with Crippen molar-refractivity contribution >= 4 is 50.1 Å². The molecule has 9 rings (SSSR count). The average Bonchev–Trinajstić information content (AvgIpc) is 3.43. The molecule has 2 nitrogen and oxygen atoms in total. The van der Waals surface area contributed by atoms with Crippen LogP contribution >= 0.6 is 0 Å². The Hall–Kier alpha value is -7.16. The van der Waals surface area contributed by atoms with Crippen LogP contribution in [0.4, 0.5) is 17.1 Å². The van der Waals surface area contributed by atoms with Crippen molar-refractivity contribution in [3.8, 4) is 5.75 Å². The number of ether oxygens (including phenoxy) is 1. The molecule has 2 bridgehead atoms. The summed E-state index contributed by atoms with van der Waals surface area (Å²) in [5.74, 6) is 1.89. The lowest BCUT2D eigenvalue weighted by Crippen LogP contribution is -2.11. The molecular weight excluding hydrogens is 679 g/mol. The van der Waals surface area contributed by atoms with Crippen molar-refractivity contribution < 1.29 is 4.74 Å². The summed E-state index contributed by atoms with van der Waals surface area (Å²) in [6.07, 6.45) is 14.5. The zero-order chi connectivity index (χ0) is 37.7. The largest absolute Gasteiger partial charge is 0.461 e. The molecule has 0 amide bonds. The number of nitrogens with zero attached hydrogens (tertiary/aromatic N) is 1. The Morgan fingerprint density at radius 2 is 1.32 bits per heavy atom. The molecule has 1 heterocycles. The Kier molecular flexibility index (Phi) is 9.68. The molecule has 0 unspecified atom stereocenters. The first-order valence-electron chi connectivity index (χ1n) is 19.2. The number of hydrogen-bond acceptors (Lipinski definition) is 2. The molecule has 0 N–H and O–H groups in total. The molecule has 56 heavy (non-hydrogen) atoms. The third kappa shape index (κ3) is 7.09. The van der Waals surface area contributed by atoms with E-state index in [1.165, 1.54) is 38.6 Å². The first-order chi connectivity index (χ1) is 27.7. The van der Waals surface area contributed by atoms with Crippen LogP contribution in [0.25, 0.3) is 33.1 Å². The lowest BCUT2D eigenvalue weighted by molar-refractivity contribution is 0.407. The summed E-state index contributed by atoms with van der Waals surface area (Å²) in [5.41, 5.74) is 14.0. The van der Waals surface area contributed by atoms with E-state index in [4.69, 9.17) is 4.74 Å². The SMILES string of the molecule is C=C/C=C(\C(=C/Cc1ccc(N(c2cccc(C3=CC=C4CC(=C3)c3ccccc3O4)c2)c2cccc3ccccc23)cc1)c1ccccc1)c1ccccc1. The second kappa shape index (κ2) is 15.7. The van der Waals surface area contributed by atoms with E-state index < -0.39 is 0 Å². The van der Waals surface area contributed by atoms with Gasteiger partial charge in [0.15, 0.2) is 0 Å². The topological polar surface area (TPSA) is 12.5 Å². The third-order valence-electron chi connectivity index (χ3n) is 10.5. The Bertz CT molecular complexity index is 2700. The standard InChI is InChI=1S/C54H41NO/c1-2-15-49(40-16-5-3-6-17-40)50(41-18-7-4-8-19-41)35-30-39-28-32-46(33-29-39)55(53-26-14-21-42-20-9-10-24-51(42)53)47-23-13-22-43(37-47)44-31-34-48-38-45(36-44)52-25-11-12-27-54(52)56-48/h2-29,31-37H,1,30,38H2/b49-15-,50-35-. The van der Waals surface area contributed by atoms with Gasteiger partial charge in [0.1, 0.15) is 11.5 Å². The normalized spacial score (nSPS) is 13.8. The minimum Gasteiger partial charge on any atom is -0.461 e. The van der Waals surface area contributed by atoms with Crippen LogP contribution in [0.1, 0.15) is 34.2 Å². The van der Waals surface area contributed by atoms with Crippen LogP contribution in [0.5, 0.6) is 5.75 Å². The Balaban J connectivity index is 1.10. The summed E-state index contributed by atoms with van der Waals surface area (Å²) in [4.78, 5) is 2.39. The maximum absolute atomic E-state index is 6.25. The van der Waals surface area contributed by atoms with Crippen molar-refractivity contribution in [2.24, 2.45) is 0 Å². The number of para-hydroxylation sites is 1. The summed E-state index contributed by atoms with van der Waals surface area (Å²) < 4.78 is 6.25. The fourth-order valence-corrected chi connectivity index (χ4v) is 7.84. The second-order valence-corrected chi connectivity index (χ2v) is 14.1. The summed E-state index contributed by atoms with van der Waals surface area (Å²) in [6, 6.07) is 62.7. The smallest absolute Gasteiger partial charge is 0.134 e. The van der Waals surface area contributed by atoms with Crippen molar-refractivity contribution in [1.29, 1.82) is 0 Å². The van der Waals surface area contributed by atoms with Crippen molar-refractivity contribution in [1.82, 2.24) is 0 Å². The molecular formula is C54H41NO. The van der Waals surface area contributed by atoms with E-state index in [1.807, 2.05) is 12.1 Å². The van der Waals surface area contributed by atoms with Crippen LogP contribution < -0.4 is 9.64 Å². The van der Waals surface area contributed by atoms with Crippen molar-refractivity contribution in [2.75, 3.05) is 4.90 Å². The van der Waals surface area contributed by atoms with Gasteiger partial charge in [0, 0.05) is 28.7 Å². The van der Waals surface area contributed by atoms with E-state index >= 15 is 0 Å². The monoisotopic (exact) mass is 719 g/mol. The lowest BCUT2D eigenvalue weighted by atomic mass is 9.90. The molecule has 0 saturated carbocycles. The number of allylic oxidation sites excluding steroid dienone is 10. The molecule has 1 aliphatic carbocycles. The van der Waals surface area contributed by atoms with Gasteiger partial charge in [-0.15, -0.1) is 0 Å². The molecule has 1 aliphatic heterocycles. The summed E-state index contributed by atoms with van der Waals surface area (Å²) >= 11 is 0. The van der Waals surface area contributed by atoms with Crippen molar-refractivity contribution in [3.05, 3.63) is 253 Å². The molecule has 7 aromatic rings. The fourth-order valence-electron chi connectivity index (χ4n) is 7.84.